The van der Waals surface area contributed by atoms with E-state index in [0.717, 1.165) is 39.4 Å². The van der Waals surface area contributed by atoms with Gasteiger partial charge in [0, 0.05) is 45.5 Å². The van der Waals surface area contributed by atoms with E-state index < -0.39 is 0 Å². The first-order chi connectivity index (χ1) is 6.40. The van der Waals surface area contributed by atoms with Crippen LogP contribution in [0.3, 0.4) is 0 Å². The van der Waals surface area contributed by atoms with Gasteiger partial charge in [0.05, 0.1) is 6.61 Å². The van der Waals surface area contributed by atoms with E-state index in [1.807, 2.05) is 0 Å². The van der Waals surface area contributed by atoms with Crippen LogP contribution < -0.4 is 5.73 Å². The molecule has 2 N–H and O–H groups in total. The van der Waals surface area contributed by atoms with Crippen molar-refractivity contribution in [3.05, 3.63) is 0 Å². The highest BCUT2D eigenvalue weighted by molar-refractivity contribution is 4.80. The number of nitrogens with two attached hydrogens (primary N) is 1. The van der Waals surface area contributed by atoms with Gasteiger partial charge >= 0.3 is 0 Å². The SMILES string of the molecule is NCN1CCN(C2CCOC2)CC1. The Bertz CT molecular complexity index is 151. The molecule has 0 aliphatic carbocycles. The smallest absolute Gasteiger partial charge is 0.0622 e. The minimum absolute atomic E-state index is 0.680. The lowest BCUT2D eigenvalue weighted by molar-refractivity contribution is 0.0861. The Morgan fingerprint density at radius 1 is 1.23 bits per heavy atom. The van der Waals surface area contributed by atoms with Crippen LogP contribution in [-0.4, -0.2) is 61.9 Å². The first-order valence-corrected chi connectivity index (χ1v) is 5.14. The molecule has 2 aliphatic heterocycles. The second-order valence-electron chi connectivity index (χ2n) is 3.85. The minimum atomic E-state index is 0.680. The topological polar surface area (TPSA) is 41.7 Å². The summed E-state index contributed by atoms with van der Waals surface area (Å²) in [5, 5.41) is 0. The van der Waals surface area contributed by atoms with E-state index in [1.54, 1.807) is 0 Å². The molecule has 0 amide bonds. The molecule has 0 saturated carbocycles. The summed E-state index contributed by atoms with van der Waals surface area (Å²) < 4.78 is 5.38. The van der Waals surface area contributed by atoms with E-state index in [4.69, 9.17) is 10.5 Å². The van der Waals surface area contributed by atoms with Gasteiger partial charge in [-0.25, -0.2) is 0 Å². The molecule has 0 bridgehead atoms. The molecule has 2 rings (SSSR count). The van der Waals surface area contributed by atoms with E-state index in [0.29, 0.717) is 12.7 Å². The predicted octanol–water partition coefficient (Wildman–Crippen LogP) is -0.691. The zero-order valence-electron chi connectivity index (χ0n) is 8.11. The van der Waals surface area contributed by atoms with Gasteiger partial charge in [0.2, 0.25) is 0 Å². The number of ether oxygens (including phenoxy) is 1. The molecule has 2 fully saturated rings. The summed E-state index contributed by atoms with van der Waals surface area (Å²) in [6.45, 7) is 7.13. The first-order valence-electron chi connectivity index (χ1n) is 5.14. The summed E-state index contributed by atoms with van der Waals surface area (Å²) in [5.74, 6) is 0. The first kappa shape index (κ1) is 9.40. The van der Waals surface area contributed by atoms with Gasteiger partial charge in [-0.2, -0.15) is 0 Å². The van der Waals surface area contributed by atoms with Crippen molar-refractivity contribution >= 4 is 0 Å². The summed E-state index contributed by atoms with van der Waals surface area (Å²) >= 11 is 0. The summed E-state index contributed by atoms with van der Waals surface area (Å²) in [5.41, 5.74) is 5.58. The van der Waals surface area contributed by atoms with Crippen molar-refractivity contribution in [3.8, 4) is 0 Å². The highest BCUT2D eigenvalue weighted by Gasteiger charge is 2.25. The Balaban J connectivity index is 1.77. The molecule has 0 spiro atoms. The van der Waals surface area contributed by atoms with Gasteiger partial charge < -0.3 is 10.5 Å². The van der Waals surface area contributed by atoms with Crippen LogP contribution in [0.2, 0.25) is 0 Å². The van der Waals surface area contributed by atoms with Crippen LogP contribution in [0.1, 0.15) is 6.42 Å². The third kappa shape index (κ3) is 2.20. The van der Waals surface area contributed by atoms with E-state index >= 15 is 0 Å². The van der Waals surface area contributed by atoms with E-state index in [-0.39, 0.29) is 0 Å². The van der Waals surface area contributed by atoms with Gasteiger partial charge in [-0.05, 0) is 6.42 Å². The fraction of sp³-hybridized carbons (Fsp3) is 1.00. The number of hydrogen-bond acceptors (Lipinski definition) is 4. The van der Waals surface area contributed by atoms with Crippen molar-refractivity contribution < 1.29 is 4.74 Å². The molecule has 0 aromatic carbocycles. The van der Waals surface area contributed by atoms with Crippen LogP contribution in [0.25, 0.3) is 0 Å². The van der Waals surface area contributed by atoms with E-state index in [2.05, 4.69) is 9.80 Å². The van der Waals surface area contributed by atoms with Crippen LogP contribution in [0.5, 0.6) is 0 Å². The van der Waals surface area contributed by atoms with Gasteiger partial charge in [-0.15, -0.1) is 0 Å². The number of piperazine rings is 1. The third-order valence-corrected chi connectivity index (χ3v) is 3.09. The summed E-state index contributed by atoms with van der Waals surface area (Å²) in [6.07, 6.45) is 1.21. The quantitative estimate of drug-likeness (QED) is 0.618. The number of rotatable bonds is 2. The molecule has 2 saturated heterocycles. The molecular formula is C9H19N3O. The average Bonchev–Trinajstić information content (AvgIpc) is 2.71. The molecule has 1 atom stereocenters. The minimum Gasteiger partial charge on any atom is -0.380 e. The Hall–Kier alpha value is -0.160. The highest BCUT2D eigenvalue weighted by atomic mass is 16.5. The third-order valence-electron chi connectivity index (χ3n) is 3.09. The fourth-order valence-electron chi connectivity index (χ4n) is 2.12. The molecule has 2 aliphatic rings. The number of hydrogen-bond donors (Lipinski definition) is 1. The van der Waals surface area contributed by atoms with Gasteiger partial charge in [0.1, 0.15) is 0 Å². The molecule has 0 aromatic rings. The monoisotopic (exact) mass is 185 g/mol. The lowest BCUT2D eigenvalue weighted by atomic mass is 10.2. The van der Waals surface area contributed by atoms with Crippen molar-refractivity contribution in [2.24, 2.45) is 5.73 Å². The Morgan fingerprint density at radius 3 is 2.54 bits per heavy atom. The van der Waals surface area contributed by atoms with E-state index in [9.17, 15) is 0 Å². The van der Waals surface area contributed by atoms with Gasteiger partial charge in [0.15, 0.2) is 0 Å². The Labute approximate surface area is 79.6 Å². The van der Waals surface area contributed by atoms with Crippen LogP contribution in [0, 0.1) is 0 Å². The van der Waals surface area contributed by atoms with Crippen molar-refractivity contribution in [2.75, 3.05) is 46.1 Å². The standard InChI is InChI=1S/C9H19N3O/c10-8-11-2-4-12(5-3-11)9-1-6-13-7-9/h9H,1-8,10H2. The van der Waals surface area contributed by atoms with Crippen molar-refractivity contribution in [1.82, 2.24) is 9.80 Å². The van der Waals surface area contributed by atoms with Crippen LogP contribution in [0.4, 0.5) is 0 Å². The van der Waals surface area contributed by atoms with Crippen molar-refractivity contribution in [3.63, 3.8) is 0 Å². The van der Waals surface area contributed by atoms with Crippen molar-refractivity contribution in [1.29, 1.82) is 0 Å². The molecule has 4 heteroatoms. The zero-order chi connectivity index (χ0) is 9.10. The average molecular weight is 185 g/mol. The molecule has 0 radical (unpaired) electrons. The second-order valence-corrected chi connectivity index (χ2v) is 3.85. The lowest BCUT2D eigenvalue weighted by Crippen LogP contribution is -2.51. The zero-order valence-corrected chi connectivity index (χ0v) is 8.11. The maximum atomic E-state index is 5.58. The molecule has 2 heterocycles. The largest absolute Gasteiger partial charge is 0.380 e. The maximum absolute atomic E-state index is 5.58. The fourth-order valence-corrected chi connectivity index (χ4v) is 2.12. The molecule has 76 valence electrons. The molecule has 4 nitrogen and oxygen atoms in total. The van der Waals surface area contributed by atoms with Crippen LogP contribution >= 0.6 is 0 Å². The van der Waals surface area contributed by atoms with E-state index in [1.165, 1.54) is 6.42 Å². The lowest BCUT2D eigenvalue weighted by Gasteiger charge is -2.36. The summed E-state index contributed by atoms with van der Waals surface area (Å²) in [7, 11) is 0. The normalized spacial score (nSPS) is 32.5. The molecular weight excluding hydrogens is 166 g/mol. The highest BCUT2D eigenvalue weighted by Crippen LogP contribution is 2.14. The van der Waals surface area contributed by atoms with Crippen LogP contribution in [0.15, 0.2) is 0 Å². The molecule has 1 unspecified atom stereocenters. The molecule has 13 heavy (non-hydrogen) atoms. The van der Waals surface area contributed by atoms with Gasteiger partial charge in [-0.3, -0.25) is 9.80 Å². The summed E-state index contributed by atoms with van der Waals surface area (Å²) in [4.78, 5) is 4.84. The Kier molecular flexibility index (Phi) is 3.16. The maximum Gasteiger partial charge on any atom is 0.0622 e. The van der Waals surface area contributed by atoms with Crippen molar-refractivity contribution in [2.45, 2.75) is 12.5 Å². The van der Waals surface area contributed by atoms with Crippen LogP contribution in [-0.2, 0) is 4.74 Å². The van der Waals surface area contributed by atoms with Gasteiger partial charge in [0.25, 0.3) is 0 Å². The second kappa shape index (κ2) is 4.37. The molecule has 0 aromatic heterocycles. The summed E-state index contributed by atoms with van der Waals surface area (Å²) in [6, 6.07) is 0.680. The predicted molar refractivity (Wildman–Crippen MR) is 51.4 cm³/mol. The number of nitrogens with zero attached hydrogens (tertiary/aromatic N) is 2. The van der Waals surface area contributed by atoms with Gasteiger partial charge in [-0.1, -0.05) is 0 Å². The Morgan fingerprint density at radius 2 is 2.00 bits per heavy atom.